The lowest BCUT2D eigenvalue weighted by Crippen LogP contribution is -2.18. The van der Waals surface area contributed by atoms with Crippen molar-refractivity contribution < 1.29 is 9.90 Å². The SMILES string of the molecule is CCCn1nnc(C(=O)O)c1C1CCC1. The summed E-state index contributed by atoms with van der Waals surface area (Å²) in [5.74, 6) is -0.600. The molecule has 2 rings (SSSR count). The van der Waals surface area contributed by atoms with Crippen LogP contribution >= 0.6 is 0 Å². The van der Waals surface area contributed by atoms with E-state index in [1.807, 2.05) is 6.92 Å². The Morgan fingerprint density at radius 3 is 2.80 bits per heavy atom. The number of aromatic nitrogens is 3. The molecule has 0 bridgehead atoms. The Labute approximate surface area is 88.1 Å². The van der Waals surface area contributed by atoms with Crippen LogP contribution < -0.4 is 0 Å². The average molecular weight is 209 g/mol. The van der Waals surface area contributed by atoms with Gasteiger partial charge in [-0.05, 0) is 19.3 Å². The molecule has 0 aromatic carbocycles. The van der Waals surface area contributed by atoms with Crippen molar-refractivity contribution in [3.05, 3.63) is 11.4 Å². The van der Waals surface area contributed by atoms with Crippen molar-refractivity contribution in [2.45, 2.75) is 45.1 Å². The van der Waals surface area contributed by atoms with Gasteiger partial charge in [0.2, 0.25) is 0 Å². The van der Waals surface area contributed by atoms with Crippen molar-refractivity contribution in [2.75, 3.05) is 0 Å². The summed E-state index contributed by atoms with van der Waals surface area (Å²) in [4.78, 5) is 11.0. The Kier molecular flexibility index (Phi) is 2.70. The first-order valence-electron chi connectivity index (χ1n) is 5.40. The highest BCUT2D eigenvalue weighted by atomic mass is 16.4. The maximum atomic E-state index is 11.0. The van der Waals surface area contributed by atoms with Gasteiger partial charge in [-0.25, -0.2) is 9.48 Å². The largest absolute Gasteiger partial charge is 0.476 e. The predicted molar refractivity (Wildman–Crippen MR) is 53.9 cm³/mol. The van der Waals surface area contributed by atoms with E-state index in [1.165, 1.54) is 6.42 Å². The second-order valence-electron chi connectivity index (χ2n) is 3.98. The summed E-state index contributed by atoms with van der Waals surface area (Å²) in [7, 11) is 0. The van der Waals surface area contributed by atoms with E-state index in [0.29, 0.717) is 5.92 Å². The summed E-state index contributed by atoms with van der Waals surface area (Å²) < 4.78 is 1.76. The maximum absolute atomic E-state index is 11.0. The van der Waals surface area contributed by atoms with E-state index in [1.54, 1.807) is 4.68 Å². The molecular weight excluding hydrogens is 194 g/mol. The van der Waals surface area contributed by atoms with Crippen LogP contribution in [0.5, 0.6) is 0 Å². The average Bonchev–Trinajstić information content (AvgIpc) is 2.47. The van der Waals surface area contributed by atoms with Crippen LogP contribution in [0.1, 0.15) is 54.7 Å². The van der Waals surface area contributed by atoms with Gasteiger partial charge in [-0.3, -0.25) is 0 Å². The number of aromatic carboxylic acids is 1. The Morgan fingerprint density at radius 2 is 2.33 bits per heavy atom. The van der Waals surface area contributed by atoms with Crippen LogP contribution in [0, 0.1) is 0 Å². The second-order valence-corrected chi connectivity index (χ2v) is 3.98. The van der Waals surface area contributed by atoms with Crippen molar-refractivity contribution >= 4 is 5.97 Å². The molecule has 1 fully saturated rings. The molecule has 5 heteroatoms. The van der Waals surface area contributed by atoms with Crippen molar-refractivity contribution in [3.8, 4) is 0 Å². The van der Waals surface area contributed by atoms with E-state index in [-0.39, 0.29) is 5.69 Å². The monoisotopic (exact) mass is 209 g/mol. The molecule has 1 aromatic rings. The second kappa shape index (κ2) is 4.00. The fourth-order valence-corrected chi connectivity index (χ4v) is 1.94. The van der Waals surface area contributed by atoms with Crippen LogP contribution in [-0.4, -0.2) is 26.1 Å². The molecule has 0 aliphatic heterocycles. The lowest BCUT2D eigenvalue weighted by atomic mass is 9.82. The Balaban J connectivity index is 2.34. The van der Waals surface area contributed by atoms with Gasteiger partial charge in [-0.15, -0.1) is 5.10 Å². The molecule has 15 heavy (non-hydrogen) atoms. The van der Waals surface area contributed by atoms with Crippen LogP contribution in [-0.2, 0) is 6.54 Å². The summed E-state index contributed by atoms with van der Waals surface area (Å²) >= 11 is 0. The predicted octanol–water partition coefficient (Wildman–Crippen LogP) is 1.65. The number of carboxylic acid groups (broad SMARTS) is 1. The summed E-state index contributed by atoms with van der Waals surface area (Å²) in [5, 5.41) is 16.7. The van der Waals surface area contributed by atoms with E-state index < -0.39 is 5.97 Å². The van der Waals surface area contributed by atoms with Crippen LogP contribution in [0.25, 0.3) is 0 Å². The molecule has 1 N–H and O–H groups in total. The Hall–Kier alpha value is -1.39. The molecule has 1 heterocycles. The highest BCUT2D eigenvalue weighted by Gasteiger charge is 2.30. The van der Waals surface area contributed by atoms with Gasteiger partial charge in [0.1, 0.15) is 0 Å². The standard InChI is InChI=1S/C10H15N3O2/c1-2-6-13-9(7-4-3-5-7)8(10(14)15)11-12-13/h7H,2-6H2,1H3,(H,14,15). The number of carboxylic acids is 1. The molecule has 82 valence electrons. The van der Waals surface area contributed by atoms with Crippen molar-refractivity contribution in [1.29, 1.82) is 0 Å². The summed E-state index contributed by atoms with van der Waals surface area (Å²) in [5.41, 5.74) is 0.976. The van der Waals surface area contributed by atoms with Crippen LogP contribution in [0.3, 0.4) is 0 Å². The molecule has 1 aliphatic rings. The normalized spacial score (nSPS) is 16.3. The van der Waals surface area contributed by atoms with Gasteiger partial charge in [-0.1, -0.05) is 18.6 Å². The third kappa shape index (κ3) is 1.73. The molecule has 0 spiro atoms. The van der Waals surface area contributed by atoms with Crippen molar-refractivity contribution in [1.82, 2.24) is 15.0 Å². The third-order valence-electron chi connectivity index (χ3n) is 2.90. The maximum Gasteiger partial charge on any atom is 0.358 e. The van der Waals surface area contributed by atoms with Gasteiger partial charge in [-0.2, -0.15) is 0 Å². The van der Waals surface area contributed by atoms with E-state index in [9.17, 15) is 4.79 Å². The van der Waals surface area contributed by atoms with Crippen LogP contribution in [0.4, 0.5) is 0 Å². The zero-order chi connectivity index (χ0) is 10.8. The van der Waals surface area contributed by atoms with Crippen LogP contribution in [0.2, 0.25) is 0 Å². The van der Waals surface area contributed by atoms with E-state index in [2.05, 4.69) is 10.3 Å². The first-order valence-corrected chi connectivity index (χ1v) is 5.40. The molecule has 5 nitrogen and oxygen atoms in total. The Morgan fingerprint density at radius 1 is 1.60 bits per heavy atom. The highest BCUT2D eigenvalue weighted by molar-refractivity contribution is 5.86. The summed E-state index contributed by atoms with van der Waals surface area (Å²) in [6.07, 6.45) is 4.26. The topological polar surface area (TPSA) is 68.0 Å². The fourth-order valence-electron chi connectivity index (χ4n) is 1.94. The minimum atomic E-state index is -0.959. The minimum absolute atomic E-state index is 0.146. The van der Waals surface area contributed by atoms with Crippen LogP contribution in [0.15, 0.2) is 0 Å². The van der Waals surface area contributed by atoms with E-state index in [4.69, 9.17) is 5.11 Å². The third-order valence-corrected chi connectivity index (χ3v) is 2.90. The van der Waals surface area contributed by atoms with E-state index in [0.717, 1.165) is 31.5 Å². The van der Waals surface area contributed by atoms with Crippen molar-refractivity contribution in [2.24, 2.45) is 0 Å². The molecule has 1 aromatic heterocycles. The molecular formula is C10H15N3O2. The molecule has 0 atom stereocenters. The quantitative estimate of drug-likeness (QED) is 0.818. The first kappa shape index (κ1) is 10.1. The molecule has 0 radical (unpaired) electrons. The summed E-state index contributed by atoms with van der Waals surface area (Å²) in [6, 6.07) is 0. The Bertz CT molecular complexity index is 369. The van der Waals surface area contributed by atoms with Crippen molar-refractivity contribution in [3.63, 3.8) is 0 Å². The number of carbonyl (C=O) groups is 1. The summed E-state index contributed by atoms with van der Waals surface area (Å²) in [6.45, 7) is 2.80. The molecule has 1 aliphatic carbocycles. The van der Waals surface area contributed by atoms with Gasteiger partial charge in [0, 0.05) is 12.5 Å². The number of aryl methyl sites for hydroxylation is 1. The molecule has 0 saturated heterocycles. The number of hydrogen-bond donors (Lipinski definition) is 1. The number of rotatable bonds is 4. The zero-order valence-corrected chi connectivity index (χ0v) is 8.81. The van der Waals surface area contributed by atoms with Gasteiger partial charge in [0.15, 0.2) is 5.69 Å². The molecule has 0 unspecified atom stereocenters. The molecule has 0 amide bonds. The van der Waals surface area contributed by atoms with E-state index >= 15 is 0 Å². The van der Waals surface area contributed by atoms with Gasteiger partial charge in [0.05, 0.1) is 5.69 Å². The van der Waals surface area contributed by atoms with Gasteiger partial charge in [0.25, 0.3) is 0 Å². The lowest BCUT2D eigenvalue weighted by molar-refractivity contribution is 0.0687. The number of hydrogen-bond acceptors (Lipinski definition) is 3. The fraction of sp³-hybridized carbons (Fsp3) is 0.700. The minimum Gasteiger partial charge on any atom is -0.476 e. The van der Waals surface area contributed by atoms with Gasteiger partial charge < -0.3 is 5.11 Å². The smallest absolute Gasteiger partial charge is 0.358 e. The first-order chi connectivity index (χ1) is 7.24. The molecule has 1 saturated carbocycles. The highest BCUT2D eigenvalue weighted by Crippen LogP contribution is 2.37. The zero-order valence-electron chi connectivity index (χ0n) is 8.81. The lowest BCUT2D eigenvalue weighted by Gasteiger charge is -2.25. The number of nitrogens with zero attached hydrogens (tertiary/aromatic N) is 3. The van der Waals surface area contributed by atoms with Gasteiger partial charge >= 0.3 is 5.97 Å².